The Morgan fingerprint density at radius 2 is 2.11 bits per heavy atom. The van der Waals surface area contributed by atoms with E-state index in [2.05, 4.69) is 10.3 Å². The molecule has 8 heteroatoms. The van der Waals surface area contributed by atoms with Crippen LogP contribution in [0.15, 0.2) is 29.1 Å². The maximum absolute atomic E-state index is 12.8. The number of nitrogens with zero attached hydrogens (tertiary/aromatic N) is 1. The Labute approximate surface area is 115 Å². The van der Waals surface area contributed by atoms with Crippen molar-refractivity contribution in [2.75, 3.05) is 5.32 Å². The monoisotopic (exact) mass is 306 g/mol. The first-order valence-electron chi connectivity index (χ1n) is 4.94. The van der Waals surface area contributed by atoms with Crippen molar-refractivity contribution in [3.05, 3.63) is 45.4 Å². The van der Waals surface area contributed by atoms with Crippen molar-refractivity contribution in [1.82, 2.24) is 4.98 Å². The molecule has 100 valence electrons. The molecule has 0 aliphatic rings. The summed E-state index contributed by atoms with van der Waals surface area (Å²) in [4.78, 5) is 15.4. The minimum Gasteiger partial charge on any atom is -0.320 e. The number of alkyl halides is 3. The second-order valence-electron chi connectivity index (χ2n) is 3.52. The lowest BCUT2D eigenvalue weighted by Gasteiger charge is -2.13. The van der Waals surface area contributed by atoms with E-state index in [0.717, 1.165) is 12.1 Å². The van der Waals surface area contributed by atoms with Crippen molar-refractivity contribution in [1.29, 1.82) is 0 Å². The Bertz CT molecular complexity index is 598. The number of benzene rings is 1. The fraction of sp³-hybridized carbons (Fsp3) is 0.0909. The van der Waals surface area contributed by atoms with Gasteiger partial charge in [-0.25, -0.2) is 4.98 Å². The first-order valence-corrected chi connectivity index (χ1v) is 6.26. The maximum atomic E-state index is 12.8. The lowest BCUT2D eigenvalue weighted by molar-refractivity contribution is -0.136. The van der Waals surface area contributed by atoms with Gasteiger partial charge in [0.25, 0.3) is 5.91 Å². The van der Waals surface area contributed by atoms with Gasteiger partial charge in [0, 0.05) is 10.4 Å². The summed E-state index contributed by atoms with van der Waals surface area (Å²) in [5, 5.41) is 3.56. The fourth-order valence-corrected chi connectivity index (χ4v) is 2.08. The van der Waals surface area contributed by atoms with E-state index >= 15 is 0 Å². The van der Waals surface area contributed by atoms with Gasteiger partial charge in [-0.2, -0.15) is 13.2 Å². The molecule has 0 unspecified atom stereocenters. The van der Waals surface area contributed by atoms with Crippen LogP contribution in [0.5, 0.6) is 0 Å². The van der Waals surface area contributed by atoms with Gasteiger partial charge >= 0.3 is 6.18 Å². The number of thiazole rings is 1. The highest BCUT2D eigenvalue weighted by molar-refractivity contribution is 7.07. The first kappa shape index (κ1) is 13.8. The third-order valence-corrected chi connectivity index (χ3v) is 3.02. The zero-order chi connectivity index (χ0) is 14.0. The molecule has 2 aromatic rings. The van der Waals surface area contributed by atoms with E-state index in [-0.39, 0.29) is 16.4 Å². The van der Waals surface area contributed by atoms with Gasteiger partial charge in [-0.05, 0) is 18.2 Å². The van der Waals surface area contributed by atoms with Crippen molar-refractivity contribution in [2.45, 2.75) is 6.18 Å². The molecule has 0 atom stereocenters. The minimum absolute atomic E-state index is 0.0565. The number of hydrogen-bond acceptors (Lipinski definition) is 3. The normalized spacial score (nSPS) is 11.4. The van der Waals surface area contributed by atoms with Crippen molar-refractivity contribution in [3.63, 3.8) is 0 Å². The largest absolute Gasteiger partial charge is 0.418 e. The number of hydrogen-bond donors (Lipinski definition) is 1. The summed E-state index contributed by atoms with van der Waals surface area (Å²) < 4.78 is 38.4. The van der Waals surface area contributed by atoms with Crippen LogP contribution in [0.2, 0.25) is 5.02 Å². The van der Waals surface area contributed by atoms with Gasteiger partial charge in [0.15, 0.2) is 0 Å². The summed E-state index contributed by atoms with van der Waals surface area (Å²) in [7, 11) is 0. The number of nitrogens with one attached hydrogen (secondary N) is 1. The summed E-state index contributed by atoms with van der Waals surface area (Å²) >= 11 is 6.71. The molecular weight excluding hydrogens is 301 g/mol. The second kappa shape index (κ2) is 5.18. The molecule has 2 rings (SSSR count). The summed E-state index contributed by atoms with van der Waals surface area (Å²) in [5.74, 6) is -0.700. The molecule has 0 saturated heterocycles. The molecule has 1 amide bonds. The van der Waals surface area contributed by atoms with Crippen molar-refractivity contribution in [2.24, 2.45) is 0 Å². The zero-order valence-electron chi connectivity index (χ0n) is 9.16. The Kier molecular flexibility index (Phi) is 3.77. The van der Waals surface area contributed by atoms with Gasteiger partial charge < -0.3 is 5.32 Å². The van der Waals surface area contributed by atoms with Gasteiger partial charge in [0.05, 0.1) is 16.8 Å². The Hall–Kier alpha value is -1.60. The average Bonchev–Trinajstić information content (AvgIpc) is 2.83. The van der Waals surface area contributed by atoms with Crippen LogP contribution in [-0.2, 0) is 6.18 Å². The summed E-state index contributed by atoms with van der Waals surface area (Å²) in [5.41, 5.74) is 0.133. The number of carbonyl (C=O) groups is 1. The fourth-order valence-electron chi connectivity index (χ4n) is 1.37. The van der Waals surface area contributed by atoms with Crippen LogP contribution in [0.4, 0.5) is 18.9 Å². The molecule has 0 aliphatic heterocycles. The topological polar surface area (TPSA) is 42.0 Å². The Morgan fingerprint density at radius 3 is 2.68 bits per heavy atom. The SMILES string of the molecule is O=C(Nc1ccc(Cl)cc1C(F)(F)F)c1cscn1. The standard InChI is InChI=1S/C11H6ClF3N2OS/c12-6-1-2-8(7(3-6)11(13,14)15)17-10(18)9-4-19-5-16-9/h1-5H,(H,17,18). The van der Waals surface area contributed by atoms with Crippen molar-refractivity contribution in [3.8, 4) is 0 Å². The second-order valence-corrected chi connectivity index (χ2v) is 4.67. The molecule has 0 radical (unpaired) electrons. The molecule has 1 heterocycles. The highest BCUT2D eigenvalue weighted by Crippen LogP contribution is 2.36. The lowest BCUT2D eigenvalue weighted by Crippen LogP contribution is -2.16. The summed E-state index contributed by atoms with van der Waals surface area (Å²) in [6, 6.07) is 3.14. The minimum atomic E-state index is -4.60. The zero-order valence-corrected chi connectivity index (χ0v) is 10.7. The molecule has 0 aliphatic carbocycles. The number of rotatable bonds is 2. The van der Waals surface area contributed by atoms with E-state index in [1.807, 2.05) is 0 Å². The van der Waals surface area contributed by atoms with Crippen molar-refractivity contribution >= 4 is 34.5 Å². The number of anilines is 1. The number of carbonyl (C=O) groups excluding carboxylic acids is 1. The van der Waals surface area contributed by atoms with E-state index in [9.17, 15) is 18.0 Å². The molecular formula is C11H6ClF3N2OS. The van der Waals surface area contributed by atoms with Crippen LogP contribution in [0.3, 0.4) is 0 Å². The predicted molar refractivity (Wildman–Crippen MR) is 66.5 cm³/mol. The van der Waals surface area contributed by atoms with Gasteiger partial charge in [-0.3, -0.25) is 4.79 Å². The number of halogens is 4. The highest BCUT2D eigenvalue weighted by Gasteiger charge is 2.34. The third-order valence-electron chi connectivity index (χ3n) is 2.20. The van der Waals surface area contributed by atoms with E-state index in [0.29, 0.717) is 0 Å². The Balaban J connectivity index is 2.33. The van der Waals surface area contributed by atoms with E-state index in [4.69, 9.17) is 11.6 Å². The van der Waals surface area contributed by atoms with Gasteiger partial charge in [0.1, 0.15) is 5.69 Å². The summed E-state index contributed by atoms with van der Waals surface area (Å²) in [6.45, 7) is 0. The molecule has 0 saturated carbocycles. The molecule has 19 heavy (non-hydrogen) atoms. The highest BCUT2D eigenvalue weighted by atomic mass is 35.5. The summed E-state index contributed by atoms with van der Waals surface area (Å²) in [6.07, 6.45) is -4.60. The molecule has 3 nitrogen and oxygen atoms in total. The number of aromatic nitrogens is 1. The molecule has 0 bridgehead atoms. The van der Waals surface area contributed by atoms with E-state index in [1.54, 1.807) is 0 Å². The van der Waals surface area contributed by atoms with Crippen molar-refractivity contribution < 1.29 is 18.0 Å². The lowest BCUT2D eigenvalue weighted by atomic mass is 10.1. The van der Waals surface area contributed by atoms with E-state index in [1.165, 1.54) is 28.3 Å². The predicted octanol–water partition coefficient (Wildman–Crippen LogP) is 4.07. The smallest absolute Gasteiger partial charge is 0.320 e. The van der Waals surface area contributed by atoms with Crippen LogP contribution >= 0.6 is 22.9 Å². The molecule has 0 spiro atoms. The molecule has 1 N–H and O–H groups in total. The third kappa shape index (κ3) is 3.24. The quantitative estimate of drug-likeness (QED) is 0.909. The number of amides is 1. The average molecular weight is 307 g/mol. The van der Waals surface area contributed by atoms with Crippen LogP contribution in [0, 0.1) is 0 Å². The molecule has 1 aromatic heterocycles. The Morgan fingerprint density at radius 1 is 1.37 bits per heavy atom. The van der Waals surface area contributed by atoms with Gasteiger partial charge in [0.2, 0.25) is 0 Å². The van der Waals surface area contributed by atoms with E-state index < -0.39 is 17.6 Å². The van der Waals surface area contributed by atoms with Gasteiger partial charge in [-0.1, -0.05) is 11.6 Å². The van der Waals surface area contributed by atoms with Crippen LogP contribution in [0.1, 0.15) is 16.1 Å². The van der Waals surface area contributed by atoms with Crippen LogP contribution < -0.4 is 5.32 Å². The van der Waals surface area contributed by atoms with Gasteiger partial charge in [-0.15, -0.1) is 11.3 Å². The van der Waals surface area contributed by atoms with Crippen LogP contribution in [0.25, 0.3) is 0 Å². The molecule has 1 aromatic carbocycles. The first-order chi connectivity index (χ1) is 8.88. The molecule has 0 fully saturated rings. The van der Waals surface area contributed by atoms with Crippen LogP contribution in [-0.4, -0.2) is 10.9 Å². The maximum Gasteiger partial charge on any atom is 0.418 e.